The lowest BCUT2D eigenvalue weighted by molar-refractivity contribution is -0.306. The van der Waals surface area contributed by atoms with Gasteiger partial charge < -0.3 is 5.11 Å². The summed E-state index contributed by atoms with van der Waals surface area (Å²) >= 11 is 0. The van der Waals surface area contributed by atoms with Crippen LogP contribution in [-0.4, -0.2) is 5.78 Å². The van der Waals surface area contributed by atoms with Crippen LogP contribution < -0.4 is 5.11 Å². The lowest BCUT2D eigenvalue weighted by atomic mass is 10.1. The van der Waals surface area contributed by atoms with E-state index >= 15 is 0 Å². The van der Waals surface area contributed by atoms with Gasteiger partial charge in [0.15, 0.2) is 5.78 Å². The van der Waals surface area contributed by atoms with Crippen LogP contribution in [0.2, 0.25) is 0 Å². The molecule has 0 aliphatic rings. The Balaban J connectivity index is 3.59. The second kappa shape index (κ2) is 11.7. The number of carbonyl (C=O) groups is 1. The molecule has 0 spiro atoms. The first-order chi connectivity index (χ1) is 8.20. The number of unbranched alkanes of at least 4 members (excludes halogenated alkanes) is 6. The number of rotatable bonds is 11. The average Bonchev–Trinajstić information content (AvgIpc) is 2.30. The van der Waals surface area contributed by atoms with E-state index in [9.17, 15) is 9.90 Å². The fourth-order valence-electron chi connectivity index (χ4n) is 1.78. The average molecular weight is 239 g/mol. The zero-order chi connectivity index (χ0) is 12.9. The molecule has 2 heteroatoms. The fraction of sp³-hybridized carbons (Fsp3) is 0.800. The fourth-order valence-corrected chi connectivity index (χ4v) is 1.78. The smallest absolute Gasteiger partial charge is 0.154 e. The molecule has 0 bridgehead atoms. The summed E-state index contributed by atoms with van der Waals surface area (Å²) < 4.78 is 0. The summed E-state index contributed by atoms with van der Waals surface area (Å²) in [4.78, 5) is 11.4. The highest BCUT2D eigenvalue weighted by Gasteiger charge is 1.97. The Kier molecular flexibility index (Phi) is 11.1. The topological polar surface area (TPSA) is 40.1 Å². The molecule has 0 fully saturated rings. The largest absolute Gasteiger partial charge is 0.875 e. The molecule has 17 heavy (non-hydrogen) atoms. The number of hydrogen-bond donors (Lipinski definition) is 0. The molecule has 100 valence electrons. The molecule has 0 radical (unpaired) electrons. The van der Waals surface area contributed by atoms with E-state index in [0.717, 1.165) is 25.7 Å². The van der Waals surface area contributed by atoms with Crippen molar-refractivity contribution in [1.82, 2.24) is 0 Å². The number of carbonyl (C=O) groups excluding carboxylic acids is 1. The number of ketones is 1. The Labute approximate surface area is 106 Å². The van der Waals surface area contributed by atoms with Crippen LogP contribution in [0.1, 0.15) is 78.1 Å². The van der Waals surface area contributed by atoms with E-state index in [1.807, 2.05) is 0 Å². The maximum Gasteiger partial charge on any atom is 0.154 e. The minimum Gasteiger partial charge on any atom is -0.875 e. The van der Waals surface area contributed by atoms with E-state index in [4.69, 9.17) is 0 Å². The Morgan fingerprint density at radius 1 is 0.882 bits per heavy atom. The third kappa shape index (κ3) is 11.5. The van der Waals surface area contributed by atoms with Crippen LogP contribution in [0.5, 0.6) is 0 Å². The monoisotopic (exact) mass is 239 g/mol. The lowest BCUT2D eigenvalue weighted by Gasteiger charge is -2.10. The molecule has 0 aromatic heterocycles. The van der Waals surface area contributed by atoms with Gasteiger partial charge in [0.2, 0.25) is 0 Å². The molecule has 0 amide bonds. The van der Waals surface area contributed by atoms with Crippen molar-refractivity contribution in [3.05, 3.63) is 11.8 Å². The van der Waals surface area contributed by atoms with Crippen LogP contribution in [0.3, 0.4) is 0 Å². The van der Waals surface area contributed by atoms with Crippen LogP contribution in [0.15, 0.2) is 11.8 Å². The summed E-state index contributed by atoms with van der Waals surface area (Å²) in [6.07, 6.45) is 11.2. The van der Waals surface area contributed by atoms with E-state index in [0.29, 0.717) is 12.8 Å². The molecular formula is C15H27O2-. The molecule has 0 aromatic rings. The van der Waals surface area contributed by atoms with Gasteiger partial charge >= 0.3 is 0 Å². The van der Waals surface area contributed by atoms with E-state index in [2.05, 4.69) is 13.8 Å². The third-order valence-electron chi connectivity index (χ3n) is 2.88. The first-order valence-electron chi connectivity index (χ1n) is 7.11. The highest BCUT2D eigenvalue weighted by molar-refractivity contribution is 5.89. The Morgan fingerprint density at radius 2 is 1.41 bits per heavy atom. The van der Waals surface area contributed by atoms with Crippen molar-refractivity contribution in [2.24, 2.45) is 0 Å². The minimum atomic E-state index is 0.0154. The van der Waals surface area contributed by atoms with Gasteiger partial charge in [-0.1, -0.05) is 58.8 Å². The van der Waals surface area contributed by atoms with Crippen molar-refractivity contribution in [3.63, 3.8) is 0 Å². The van der Waals surface area contributed by atoms with Gasteiger partial charge in [-0.05, 0) is 18.9 Å². The SMILES string of the molecule is CCCCCCC(=O)/C=C(\[O-])CCCCCC. The molecule has 0 saturated heterocycles. The lowest BCUT2D eigenvalue weighted by Crippen LogP contribution is -2.07. The summed E-state index contributed by atoms with van der Waals surface area (Å²) in [5.41, 5.74) is 0. The first kappa shape index (κ1) is 16.2. The van der Waals surface area contributed by atoms with Crippen LogP contribution >= 0.6 is 0 Å². The summed E-state index contributed by atoms with van der Waals surface area (Å²) in [5.74, 6) is 0.0307. The third-order valence-corrected chi connectivity index (χ3v) is 2.88. The summed E-state index contributed by atoms with van der Waals surface area (Å²) in [7, 11) is 0. The molecule has 0 unspecified atom stereocenters. The van der Waals surface area contributed by atoms with Gasteiger partial charge in [-0.25, -0.2) is 0 Å². The number of hydrogen-bond acceptors (Lipinski definition) is 2. The molecule has 0 heterocycles. The van der Waals surface area contributed by atoms with Gasteiger partial charge in [0.1, 0.15) is 0 Å². The predicted octanol–water partition coefficient (Wildman–Crippen LogP) is 3.74. The van der Waals surface area contributed by atoms with Crippen LogP contribution in [-0.2, 0) is 4.79 Å². The van der Waals surface area contributed by atoms with Gasteiger partial charge in [-0.15, -0.1) is 5.76 Å². The molecule has 0 aliphatic carbocycles. The molecular weight excluding hydrogens is 212 g/mol. The zero-order valence-electron chi connectivity index (χ0n) is 11.5. The highest BCUT2D eigenvalue weighted by Crippen LogP contribution is 2.08. The van der Waals surface area contributed by atoms with Crippen LogP contribution in [0, 0.1) is 0 Å². The van der Waals surface area contributed by atoms with Gasteiger partial charge in [0.25, 0.3) is 0 Å². The van der Waals surface area contributed by atoms with Crippen molar-refractivity contribution in [2.45, 2.75) is 78.1 Å². The van der Waals surface area contributed by atoms with Crippen molar-refractivity contribution in [1.29, 1.82) is 0 Å². The second-order valence-electron chi connectivity index (χ2n) is 4.70. The molecule has 0 N–H and O–H groups in total. The van der Waals surface area contributed by atoms with Crippen molar-refractivity contribution in [3.8, 4) is 0 Å². The predicted molar refractivity (Wildman–Crippen MR) is 70.6 cm³/mol. The van der Waals surface area contributed by atoms with E-state index in [1.54, 1.807) is 0 Å². The van der Waals surface area contributed by atoms with E-state index < -0.39 is 0 Å². The Bertz CT molecular complexity index is 219. The second-order valence-corrected chi connectivity index (χ2v) is 4.70. The molecule has 0 aromatic carbocycles. The van der Waals surface area contributed by atoms with Gasteiger partial charge in [-0.2, -0.15) is 0 Å². The molecule has 0 saturated carbocycles. The minimum absolute atomic E-state index is 0.0154. The maximum absolute atomic E-state index is 11.4. The van der Waals surface area contributed by atoms with E-state index in [-0.39, 0.29) is 11.5 Å². The van der Waals surface area contributed by atoms with Gasteiger partial charge in [-0.3, -0.25) is 4.79 Å². The summed E-state index contributed by atoms with van der Waals surface area (Å²) in [6.45, 7) is 4.29. The highest BCUT2D eigenvalue weighted by atomic mass is 16.3. The zero-order valence-corrected chi connectivity index (χ0v) is 11.5. The van der Waals surface area contributed by atoms with Crippen molar-refractivity contribution >= 4 is 5.78 Å². The van der Waals surface area contributed by atoms with Gasteiger partial charge in [0, 0.05) is 6.42 Å². The summed E-state index contributed by atoms with van der Waals surface area (Å²) in [6, 6.07) is 0. The maximum atomic E-state index is 11.4. The molecule has 0 atom stereocenters. The van der Waals surface area contributed by atoms with E-state index in [1.165, 1.54) is 31.8 Å². The number of allylic oxidation sites excluding steroid dienone is 2. The quantitative estimate of drug-likeness (QED) is 0.313. The van der Waals surface area contributed by atoms with Gasteiger partial charge in [0.05, 0.1) is 0 Å². The van der Waals surface area contributed by atoms with Crippen molar-refractivity contribution in [2.75, 3.05) is 0 Å². The molecule has 0 rings (SSSR count). The molecule has 2 nitrogen and oxygen atoms in total. The first-order valence-corrected chi connectivity index (χ1v) is 7.11. The summed E-state index contributed by atoms with van der Waals surface area (Å²) in [5, 5.41) is 11.4. The van der Waals surface area contributed by atoms with Crippen LogP contribution in [0.25, 0.3) is 0 Å². The molecule has 0 aliphatic heterocycles. The van der Waals surface area contributed by atoms with Crippen LogP contribution in [0.4, 0.5) is 0 Å². The Morgan fingerprint density at radius 3 is 1.94 bits per heavy atom. The standard InChI is InChI=1S/C15H28O2/c1-3-5-7-9-11-14(16)13-15(17)12-10-8-6-4-2/h13,16H,3-12H2,1-2H3/p-1/b14-13-. The normalized spacial score (nSPS) is 11.8. The Hall–Kier alpha value is -0.790. The van der Waals surface area contributed by atoms with Crippen molar-refractivity contribution < 1.29 is 9.90 Å².